The molecule has 0 aliphatic carbocycles. The zero-order valence-electron chi connectivity index (χ0n) is 21.9. The van der Waals surface area contributed by atoms with Crippen LogP contribution in [0.3, 0.4) is 0 Å². The molecule has 0 aliphatic heterocycles. The van der Waals surface area contributed by atoms with Gasteiger partial charge in [-0.2, -0.15) is 4.39 Å². The molecule has 0 unspecified atom stereocenters. The van der Waals surface area contributed by atoms with E-state index in [2.05, 4.69) is 20.0 Å². The molecule has 1 heterocycles. The van der Waals surface area contributed by atoms with Crippen molar-refractivity contribution in [1.82, 2.24) is 9.97 Å². The number of nitrogens with zero attached hydrogens (tertiary/aromatic N) is 3. The zero-order chi connectivity index (χ0) is 26.6. The highest BCUT2D eigenvalue weighted by Gasteiger charge is 2.23. The van der Waals surface area contributed by atoms with E-state index < -0.39 is 11.7 Å². The maximum Gasteiger partial charge on any atom is 0.266 e. The van der Waals surface area contributed by atoms with Crippen molar-refractivity contribution in [3.63, 3.8) is 0 Å². The van der Waals surface area contributed by atoms with Gasteiger partial charge in [0.1, 0.15) is 6.33 Å². The Labute approximate surface area is 212 Å². The minimum absolute atomic E-state index is 0.0325. The first kappa shape index (κ1) is 30.4. The standard InChI is InChI=1S/C24H32F3N5S.C2H6/c1-16(2)32(14-17(3)7-8-18(4)24(5,26)27)23-21(25)22(29-15-30-23)28-13-19-9-11-20(12-10-19)31-33-6;1-2/h7-12,15-16,31H,13-14H2,1-6H3,(H,28,29,30);1-2H3/b17-7+,18-8+;. The largest absolute Gasteiger partial charge is 0.363 e. The summed E-state index contributed by atoms with van der Waals surface area (Å²) < 4.78 is 45.2. The average Bonchev–Trinajstić information content (AvgIpc) is 2.82. The fourth-order valence-electron chi connectivity index (χ4n) is 2.92. The summed E-state index contributed by atoms with van der Waals surface area (Å²) >= 11 is 1.51. The van der Waals surface area contributed by atoms with Crippen molar-refractivity contribution in [1.29, 1.82) is 0 Å². The third-order valence-corrected chi connectivity index (χ3v) is 5.47. The monoisotopic (exact) mass is 509 g/mol. The normalized spacial score (nSPS) is 12.2. The Kier molecular flexibility index (Phi) is 12.7. The molecule has 0 aliphatic rings. The van der Waals surface area contributed by atoms with Gasteiger partial charge in [-0.15, -0.1) is 0 Å². The van der Waals surface area contributed by atoms with E-state index >= 15 is 4.39 Å². The minimum atomic E-state index is -2.88. The van der Waals surface area contributed by atoms with Gasteiger partial charge in [-0.3, -0.25) is 0 Å². The van der Waals surface area contributed by atoms with E-state index in [1.165, 1.54) is 31.3 Å². The molecule has 5 nitrogen and oxygen atoms in total. The Morgan fingerprint density at radius 3 is 2.29 bits per heavy atom. The van der Waals surface area contributed by atoms with E-state index in [-0.39, 0.29) is 23.3 Å². The first-order valence-corrected chi connectivity index (χ1v) is 12.9. The molecule has 9 heteroatoms. The number of benzene rings is 1. The number of hydrogen-bond acceptors (Lipinski definition) is 6. The summed E-state index contributed by atoms with van der Waals surface area (Å²) in [7, 11) is 0. The average molecular weight is 510 g/mol. The van der Waals surface area contributed by atoms with Crippen molar-refractivity contribution in [3.05, 3.63) is 65.3 Å². The molecule has 0 fully saturated rings. The molecule has 0 radical (unpaired) electrons. The van der Waals surface area contributed by atoms with E-state index in [0.717, 1.165) is 23.7 Å². The van der Waals surface area contributed by atoms with Crippen molar-refractivity contribution < 1.29 is 13.2 Å². The van der Waals surface area contributed by atoms with Crippen LogP contribution in [0.25, 0.3) is 0 Å². The number of anilines is 3. The first-order valence-electron chi connectivity index (χ1n) is 11.6. The van der Waals surface area contributed by atoms with E-state index in [1.54, 1.807) is 11.0 Å². The highest BCUT2D eigenvalue weighted by molar-refractivity contribution is 7.99. The topological polar surface area (TPSA) is 53.1 Å². The fraction of sp³-hybridized carbons (Fsp3) is 0.462. The van der Waals surface area contributed by atoms with Gasteiger partial charge in [-0.05, 0) is 51.0 Å². The van der Waals surface area contributed by atoms with Crippen LogP contribution < -0.4 is 14.9 Å². The predicted molar refractivity (Wildman–Crippen MR) is 145 cm³/mol. The Morgan fingerprint density at radius 1 is 1.11 bits per heavy atom. The summed E-state index contributed by atoms with van der Waals surface area (Å²) in [5.74, 6) is -3.15. The highest BCUT2D eigenvalue weighted by atomic mass is 32.2. The van der Waals surface area contributed by atoms with E-state index in [0.29, 0.717) is 13.1 Å². The third-order valence-electron chi connectivity index (χ3n) is 5.03. The zero-order valence-corrected chi connectivity index (χ0v) is 22.7. The molecule has 0 saturated heterocycles. The quantitative estimate of drug-likeness (QED) is 0.239. The Hall–Kier alpha value is -2.68. The first-order chi connectivity index (χ1) is 16.5. The number of alkyl halides is 2. The lowest BCUT2D eigenvalue weighted by molar-refractivity contribution is 0.0635. The van der Waals surface area contributed by atoms with Crippen molar-refractivity contribution in [2.75, 3.05) is 27.7 Å². The number of hydrogen-bond donors (Lipinski definition) is 2. The number of nitrogens with one attached hydrogen (secondary N) is 2. The van der Waals surface area contributed by atoms with Gasteiger partial charge in [0.2, 0.25) is 5.82 Å². The van der Waals surface area contributed by atoms with Crippen molar-refractivity contribution in [2.24, 2.45) is 0 Å². The number of allylic oxidation sites excluding steroid dienone is 3. The van der Waals surface area contributed by atoms with Gasteiger partial charge < -0.3 is 14.9 Å². The number of halogens is 3. The Balaban J connectivity index is 0.00000298. The lowest BCUT2D eigenvalue weighted by atomic mass is 10.1. The molecule has 194 valence electrons. The molecule has 0 saturated carbocycles. The van der Waals surface area contributed by atoms with Crippen molar-refractivity contribution in [3.8, 4) is 0 Å². The van der Waals surface area contributed by atoms with Crippen LogP contribution in [0.15, 0.2) is 53.9 Å². The van der Waals surface area contributed by atoms with E-state index in [1.807, 2.05) is 65.1 Å². The van der Waals surface area contributed by atoms with Crippen LogP contribution in [0.1, 0.15) is 54.0 Å². The smallest absolute Gasteiger partial charge is 0.266 e. The number of aromatic nitrogens is 2. The molecule has 1 aromatic heterocycles. The molecule has 2 rings (SSSR count). The van der Waals surface area contributed by atoms with Crippen LogP contribution in [0.2, 0.25) is 0 Å². The molecule has 0 atom stereocenters. The van der Waals surface area contributed by atoms with E-state index in [4.69, 9.17) is 0 Å². The molecule has 0 bridgehead atoms. The lowest BCUT2D eigenvalue weighted by Crippen LogP contribution is -2.34. The third kappa shape index (κ3) is 9.84. The Morgan fingerprint density at radius 2 is 1.74 bits per heavy atom. The maximum absolute atomic E-state index is 15.3. The summed E-state index contributed by atoms with van der Waals surface area (Å²) in [6, 6.07) is 7.75. The summed E-state index contributed by atoms with van der Waals surface area (Å²) in [6.45, 7) is 12.7. The second kappa shape index (κ2) is 14.7. The molecule has 35 heavy (non-hydrogen) atoms. The molecule has 2 aromatic rings. The molecule has 2 N–H and O–H groups in total. The van der Waals surface area contributed by atoms with Gasteiger partial charge in [0.15, 0.2) is 11.6 Å². The molecular weight excluding hydrogens is 471 g/mol. The van der Waals surface area contributed by atoms with Gasteiger partial charge in [-0.1, -0.05) is 55.7 Å². The molecular formula is C26H38F3N5S. The summed E-state index contributed by atoms with van der Waals surface area (Å²) in [5.41, 5.74) is 2.75. The van der Waals surface area contributed by atoms with Crippen LogP contribution in [0.4, 0.5) is 30.5 Å². The van der Waals surface area contributed by atoms with Crippen LogP contribution in [-0.2, 0) is 6.54 Å². The molecule has 0 spiro atoms. The lowest BCUT2D eigenvalue weighted by Gasteiger charge is -2.28. The molecule has 0 amide bonds. The van der Waals surface area contributed by atoms with Gasteiger partial charge in [0, 0.05) is 38.0 Å². The second-order valence-electron chi connectivity index (χ2n) is 8.19. The van der Waals surface area contributed by atoms with Crippen LogP contribution >= 0.6 is 11.9 Å². The minimum Gasteiger partial charge on any atom is -0.363 e. The van der Waals surface area contributed by atoms with Gasteiger partial charge in [-0.25, -0.2) is 18.7 Å². The van der Waals surface area contributed by atoms with Crippen LogP contribution in [0, 0.1) is 5.82 Å². The van der Waals surface area contributed by atoms with Gasteiger partial charge in [0.25, 0.3) is 5.92 Å². The summed E-state index contributed by atoms with van der Waals surface area (Å²) in [4.78, 5) is 10.0. The van der Waals surface area contributed by atoms with Crippen molar-refractivity contribution >= 4 is 29.3 Å². The second-order valence-corrected chi connectivity index (χ2v) is 8.80. The maximum atomic E-state index is 15.3. The highest BCUT2D eigenvalue weighted by Crippen LogP contribution is 2.25. The van der Waals surface area contributed by atoms with E-state index in [9.17, 15) is 8.78 Å². The predicted octanol–water partition coefficient (Wildman–Crippen LogP) is 7.71. The van der Waals surface area contributed by atoms with Crippen molar-refractivity contribution in [2.45, 2.75) is 67.0 Å². The SMILES string of the molecule is CC.CSNc1ccc(CNc2ncnc(N(C/C(C)=C/C=C(\C)C(C)(F)F)C(C)C)c2F)cc1. The summed E-state index contributed by atoms with van der Waals surface area (Å²) in [6.07, 6.45) is 6.31. The number of rotatable bonds is 11. The van der Waals surface area contributed by atoms with Gasteiger partial charge in [0.05, 0.1) is 0 Å². The summed E-state index contributed by atoms with van der Waals surface area (Å²) in [5, 5.41) is 3.04. The van der Waals surface area contributed by atoms with Crippen LogP contribution in [-0.4, -0.2) is 34.7 Å². The molecule has 1 aromatic carbocycles. The fourth-order valence-corrected chi connectivity index (χ4v) is 3.29. The Bertz CT molecular complexity index is 970. The van der Waals surface area contributed by atoms with Gasteiger partial charge >= 0.3 is 0 Å². The van der Waals surface area contributed by atoms with Crippen LogP contribution in [0.5, 0.6) is 0 Å².